The fourth-order valence-electron chi connectivity index (χ4n) is 1.85. The van der Waals surface area contributed by atoms with Crippen LogP contribution >= 0.6 is 23.2 Å². The van der Waals surface area contributed by atoms with Crippen molar-refractivity contribution in [2.75, 3.05) is 27.4 Å². The van der Waals surface area contributed by atoms with E-state index in [-0.39, 0.29) is 0 Å². The summed E-state index contributed by atoms with van der Waals surface area (Å²) in [6.45, 7) is 0.612. The minimum Gasteiger partial charge on any atom is -0.493 e. The molecule has 118 valence electrons. The van der Waals surface area contributed by atoms with Crippen LogP contribution in [0.15, 0.2) is 36.4 Å². The zero-order valence-electron chi connectivity index (χ0n) is 12.3. The first-order valence-electron chi connectivity index (χ1n) is 6.58. The predicted molar refractivity (Wildman–Crippen MR) is 87.0 cm³/mol. The molecule has 22 heavy (non-hydrogen) atoms. The van der Waals surface area contributed by atoms with Gasteiger partial charge in [-0.3, -0.25) is 0 Å². The van der Waals surface area contributed by atoms with Gasteiger partial charge in [0.2, 0.25) is 5.75 Å². The summed E-state index contributed by atoms with van der Waals surface area (Å²) in [5.74, 6) is 2.25. The molecule has 0 amide bonds. The van der Waals surface area contributed by atoms with E-state index >= 15 is 0 Å². The SMILES string of the molecule is COc1cccc(OC)c1OCCOc1cccc(Cl)c1Cl. The molecule has 2 aromatic carbocycles. The molecule has 0 aliphatic carbocycles. The standard InChI is InChI=1S/C16H16Cl2O4/c1-19-13-7-4-8-14(20-2)16(13)22-10-9-21-12-6-3-5-11(17)15(12)18/h3-8H,9-10H2,1-2H3. The number of rotatable bonds is 7. The molecule has 0 saturated heterocycles. The number of halogens is 2. The molecule has 4 nitrogen and oxygen atoms in total. The van der Waals surface area contributed by atoms with Crippen molar-refractivity contribution in [3.63, 3.8) is 0 Å². The number of hydrogen-bond acceptors (Lipinski definition) is 4. The highest BCUT2D eigenvalue weighted by Gasteiger charge is 2.11. The number of hydrogen-bond donors (Lipinski definition) is 0. The van der Waals surface area contributed by atoms with E-state index in [1.165, 1.54) is 0 Å². The Morgan fingerprint density at radius 2 is 1.32 bits per heavy atom. The maximum absolute atomic E-state index is 6.05. The minimum atomic E-state index is 0.305. The van der Waals surface area contributed by atoms with Crippen molar-refractivity contribution in [3.05, 3.63) is 46.4 Å². The van der Waals surface area contributed by atoms with Gasteiger partial charge in [-0.15, -0.1) is 0 Å². The third kappa shape index (κ3) is 3.90. The van der Waals surface area contributed by atoms with Gasteiger partial charge in [-0.05, 0) is 24.3 Å². The lowest BCUT2D eigenvalue weighted by molar-refractivity contribution is 0.205. The fraction of sp³-hybridized carbons (Fsp3) is 0.250. The minimum absolute atomic E-state index is 0.305. The van der Waals surface area contributed by atoms with E-state index in [4.69, 9.17) is 42.1 Å². The van der Waals surface area contributed by atoms with Crippen molar-refractivity contribution < 1.29 is 18.9 Å². The smallest absolute Gasteiger partial charge is 0.203 e. The second kappa shape index (κ2) is 8.01. The molecule has 0 N–H and O–H groups in total. The maximum atomic E-state index is 6.05. The lowest BCUT2D eigenvalue weighted by atomic mass is 10.3. The van der Waals surface area contributed by atoms with Gasteiger partial charge in [-0.2, -0.15) is 0 Å². The molecule has 0 aliphatic heterocycles. The van der Waals surface area contributed by atoms with Gasteiger partial charge >= 0.3 is 0 Å². The third-order valence-corrected chi connectivity index (χ3v) is 3.69. The van der Waals surface area contributed by atoms with Crippen molar-refractivity contribution in [1.82, 2.24) is 0 Å². The Bertz CT molecular complexity index is 609. The second-order valence-electron chi connectivity index (χ2n) is 4.24. The van der Waals surface area contributed by atoms with Gasteiger partial charge in [0.1, 0.15) is 24.0 Å². The summed E-state index contributed by atoms with van der Waals surface area (Å²) in [4.78, 5) is 0. The number of methoxy groups -OCH3 is 2. The quantitative estimate of drug-likeness (QED) is 0.695. The highest BCUT2D eigenvalue weighted by Crippen LogP contribution is 2.36. The van der Waals surface area contributed by atoms with E-state index in [9.17, 15) is 0 Å². The zero-order chi connectivity index (χ0) is 15.9. The van der Waals surface area contributed by atoms with Gasteiger partial charge in [0.25, 0.3) is 0 Å². The molecule has 0 aromatic heterocycles. The van der Waals surface area contributed by atoms with Crippen LogP contribution in [0.5, 0.6) is 23.0 Å². The molecule has 0 aliphatic rings. The van der Waals surface area contributed by atoms with Gasteiger partial charge < -0.3 is 18.9 Å². The topological polar surface area (TPSA) is 36.9 Å². The molecule has 0 atom stereocenters. The Morgan fingerprint density at radius 3 is 1.95 bits per heavy atom. The summed E-state index contributed by atoms with van der Waals surface area (Å²) in [6.07, 6.45) is 0. The molecule has 6 heteroatoms. The van der Waals surface area contributed by atoms with Crippen LogP contribution in [0.25, 0.3) is 0 Å². The predicted octanol–water partition coefficient (Wildman–Crippen LogP) is 4.47. The fourth-order valence-corrected chi connectivity index (χ4v) is 2.20. The Kier molecular flexibility index (Phi) is 6.04. The molecular formula is C16H16Cl2O4. The van der Waals surface area contributed by atoms with Crippen LogP contribution in [0.3, 0.4) is 0 Å². The number of para-hydroxylation sites is 1. The van der Waals surface area contributed by atoms with Crippen LogP contribution in [-0.4, -0.2) is 27.4 Å². The average molecular weight is 343 g/mol. The molecule has 2 rings (SSSR count). The van der Waals surface area contributed by atoms with Gasteiger partial charge in [0, 0.05) is 0 Å². The van der Waals surface area contributed by atoms with Crippen LogP contribution in [0.4, 0.5) is 0 Å². The van der Waals surface area contributed by atoms with Crippen LogP contribution in [0.1, 0.15) is 0 Å². The highest BCUT2D eigenvalue weighted by atomic mass is 35.5. The largest absolute Gasteiger partial charge is 0.493 e. The van der Waals surface area contributed by atoms with Crippen LogP contribution in [0, 0.1) is 0 Å². The lowest BCUT2D eigenvalue weighted by Crippen LogP contribution is -2.10. The summed E-state index contributed by atoms with van der Waals surface area (Å²) >= 11 is 12.0. The van der Waals surface area contributed by atoms with Crippen LogP contribution in [0.2, 0.25) is 10.0 Å². The second-order valence-corrected chi connectivity index (χ2v) is 5.03. The highest BCUT2D eigenvalue weighted by molar-refractivity contribution is 6.42. The molecule has 0 bridgehead atoms. The first-order valence-corrected chi connectivity index (χ1v) is 7.33. The van der Waals surface area contributed by atoms with E-state index in [1.807, 2.05) is 6.07 Å². The summed E-state index contributed by atoms with van der Waals surface area (Å²) in [7, 11) is 3.15. The molecule has 0 radical (unpaired) electrons. The lowest BCUT2D eigenvalue weighted by Gasteiger charge is -2.14. The Balaban J connectivity index is 1.96. The third-order valence-electron chi connectivity index (χ3n) is 2.89. The maximum Gasteiger partial charge on any atom is 0.203 e. The molecule has 0 fully saturated rings. The Morgan fingerprint density at radius 1 is 0.773 bits per heavy atom. The van der Waals surface area contributed by atoms with Crippen molar-refractivity contribution in [2.24, 2.45) is 0 Å². The van der Waals surface area contributed by atoms with E-state index in [1.54, 1.807) is 44.6 Å². The van der Waals surface area contributed by atoms with Crippen molar-refractivity contribution in [2.45, 2.75) is 0 Å². The normalized spacial score (nSPS) is 10.2. The number of ether oxygens (including phenoxy) is 4. The van der Waals surface area contributed by atoms with Crippen molar-refractivity contribution in [3.8, 4) is 23.0 Å². The molecule has 0 spiro atoms. The summed E-state index contributed by atoms with van der Waals surface area (Å²) < 4.78 is 21.8. The average Bonchev–Trinajstić information content (AvgIpc) is 2.55. The molecule has 2 aromatic rings. The van der Waals surface area contributed by atoms with Gasteiger partial charge in [-0.25, -0.2) is 0 Å². The first kappa shape index (κ1) is 16.6. The monoisotopic (exact) mass is 342 g/mol. The zero-order valence-corrected chi connectivity index (χ0v) is 13.8. The number of benzene rings is 2. The van der Waals surface area contributed by atoms with Crippen molar-refractivity contribution in [1.29, 1.82) is 0 Å². The summed E-state index contributed by atoms with van der Waals surface area (Å²) in [5.41, 5.74) is 0. The van der Waals surface area contributed by atoms with E-state index in [0.717, 1.165) is 0 Å². The first-order chi connectivity index (χ1) is 10.7. The Labute approximate surface area is 139 Å². The molecule has 0 heterocycles. The van der Waals surface area contributed by atoms with Crippen LogP contribution < -0.4 is 18.9 Å². The molecule has 0 unspecified atom stereocenters. The van der Waals surface area contributed by atoms with Gasteiger partial charge in [0.05, 0.1) is 19.2 Å². The molecule has 0 saturated carbocycles. The van der Waals surface area contributed by atoms with E-state index in [0.29, 0.717) is 46.3 Å². The summed E-state index contributed by atoms with van der Waals surface area (Å²) in [6, 6.07) is 10.6. The summed E-state index contributed by atoms with van der Waals surface area (Å²) in [5, 5.41) is 0.838. The Hall–Kier alpha value is -1.78. The molecular weight excluding hydrogens is 327 g/mol. The van der Waals surface area contributed by atoms with Gasteiger partial charge in [0.15, 0.2) is 11.5 Å². The van der Waals surface area contributed by atoms with Crippen molar-refractivity contribution >= 4 is 23.2 Å². The van der Waals surface area contributed by atoms with Crippen LogP contribution in [-0.2, 0) is 0 Å². The van der Waals surface area contributed by atoms with E-state index in [2.05, 4.69) is 0 Å². The van der Waals surface area contributed by atoms with Gasteiger partial charge in [-0.1, -0.05) is 35.3 Å². The van der Waals surface area contributed by atoms with E-state index < -0.39 is 0 Å².